The van der Waals surface area contributed by atoms with Crippen molar-refractivity contribution in [2.24, 2.45) is 0 Å². The van der Waals surface area contributed by atoms with Crippen LogP contribution in [0, 0.1) is 10.1 Å². The molecule has 0 aliphatic carbocycles. The number of carbonyl (C=O) groups excluding carboxylic acids is 2. The Hall–Kier alpha value is -3.20. The average molecular weight is 475 g/mol. The van der Waals surface area contributed by atoms with Gasteiger partial charge in [0.25, 0.3) is 5.69 Å². The zero-order valence-corrected chi connectivity index (χ0v) is 21.1. The van der Waals surface area contributed by atoms with Gasteiger partial charge < -0.3 is 19.1 Å². The fraction of sp³-hybridized carbons (Fsp3) is 0.520. The maximum Gasteiger partial charge on any atom is 0.337 e. The van der Waals surface area contributed by atoms with Crippen molar-refractivity contribution in [2.45, 2.75) is 66.0 Å². The van der Waals surface area contributed by atoms with Crippen LogP contribution in [0.15, 0.2) is 46.8 Å². The minimum Gasteiger partial charge on any atom is -0.460 e. The largest absolute Gasteiger partial charge is 0.460 e. The van der Waals surface area contributed by atoms with Crippen molar-refractivity contribution < 1.29 is 28.7 Å². The van der Waals surface area contributed by atoms with E-state index in [9.17, 15) is 19.7 Å². The van der Waals surface area contributed by atoms with Crippen molar-refractivity contribution in [2.75, 3.05) is 20.3 Å². The van der Waals surface area contributed by atoms with Crippen LogP contribution in [0.5, 0.6) is 0 Å². The highest BCUT2D eigenvalue weighted by atomic mass is 16.6. The summed E-state index contributed by atoms with van der Waals surface area (Å²) < 4.78 is 16.0. The number of benzene rings is 1. The van der Waals surface area contributed by atoms with E-state index in [1.807, 2.05) is 25.7 Å². The molecule has 9 nitrogen and oxygen atoms in total. The Morgan fingerprint density at radius 3 is 2.18 bits per heavy atom. The number of esters is 2. The number of rotatable bonds is 8. The fourth-order valence-electron chi connectivity index (χ4n) is 4.32. The van der Waals surface area contributed by atoms with Crippen LogP contribution in [0.3, 0.4) is 0 Å². The summed E-state index contributed by atoms with van der Waals surface area (Å²) >= 11 is 0. The number of nitro groups is 1. The molecule has 0 N–H and O–H groups in total. The molecule has 1 aliphatic heterocycles. The molecule has 0 fully saturated rings. The highest BCUT2D eigenvalue weighted by Crippen LogP contribution is 2.45. The van der Waals surface area contributed by atoms with E-state index in [2.05, 4.69) is 0 Å². The third-order valence-electron chi connectivity index (χ3n) is 5.42. The summed E-state index contributed by atoms with van der Waals surface area (Å²) in [5.41, 5.74) is 1.49. The predicted molar refractivity (Wildman–Crippen MR) is 127 cm³/mol. The number of allylic oxidation sites excluding steroid dienone is 2. The molecule has 9 heteroatoms. The topological polar surface area (TPSA) is 108 Å². The average Bonchev–Trinajstić information content (AvgIpc) is 2.71. The van der Waals surface area contributed by atoms with Gasteiger partial charge in [0.1, 0.15) is 6.61 Å². The van der Waals surface area contributed by atoms with E-state index in [4.69, 9.17) is 14.2 Å². The number of carbonyl (C=O) groups is 2. The molecule has 1 unspecified atom stereocenters. The highest BCUT2D eigenvalue weighted by molar-refractivity contribution is 6.00. The van der Waals surface area contributed by atoms with Crippen LogP contribution in [-0.4, -0.2) is 53.7 Å². The molecule has 0 radical (unpaired) electrons. The Morgan fingerprint density at radius 2 is 1.68 bits per heavy atom. The first-order valence-electron chi connectivity index (χ1n) is 11.1. The lowest BCUT2D eigenvalue weighted by Gasteiger charge is -2.45. The summed E-state index contributed by atoms with van der Waals surface area (Å²) in [6.45, 7) is 13.2. The van der Waals surface area contributed by atoms with E-state index in [0.29, 0.717) is 17.0 Å². The molecule has 1 aromatic carbocycles. The molecule has 1 aliphatic rings. The first-order valence-corrected chi connectivity index (χ1v) is 11.1. The normalized spacial score (nSPS) is 16.7. The van der Waals surface area contributed by atoms with Crippen molar-refractivity contribution in [3.63, 3.8) is 0 Å². The molecule has 0 aromatic heterocycles. The van der Waals surface area contributed by atoms with Gasteiger partial charge in [0.05, 0.1) is 34.7 Å². The zero-order valence-electron chi connectivity index (χ0n) is 21.1. The molecule has 0 saturated heterocycles. The van der Waals surface area contributed by atoms with Gasteiger partial charge in [-0.2, -0.15) is 0 Å². The first kappa shape index (κ1) is 27.0. The summed E-state index contributed by atoms with van der Waals surface area (Å²) in [5.74, 6) is -2.12. The maximum absolute atomic E-state index is 13.4. The van der Waals surface area contributed by atoms with Crippen LogP contribution in [0.2, 0.25) is 0 Å². The van der Waals surface area contributed by atoms with E-state index >= 15 is 0 Å². The number of hydrogen-bond donors (Lipinski definition) is 0. The minimum absolute atomic E-state index is 0.0256. The number of hydrogen-bond acceptors (Lipinski definition) is 8. The van der Waals surface area contributed by atoms with Crippen LogP contribution >= 0.6 is 0 Å². The van der Waals surface area contributed by atoms with Crippen LogP contribution in [0.1, 0.15) is 59.9 Å². The van der Waals surface area contributed by atoms with E-state index in [1.54, 1.807) is 33.8 Å². The smallest absolute Gasteiger partial charge is 0.337 e. The van der Waals surface area contributed by atoms with Crippen molar-refractivity contribution in [3.8, 4) is 0 Å². The minimum atomic E-state index is -0.903. The Bertz CT molecular complexity index is 1020. The molecule has 34 heavy (non-hydrogen) atoms. The first-order chi connectivity index (χ1) is 15.8. The number of non-ortho nitro benzene ring substituents is 1. The summed E-state index contributed by atoms with van der Waals surface area (Å²) in [6.07, 6.45) is -0.397. The number of ether oxygens (including phenoxy) is 3. The van der Waals surface area contributed by atoms with Gasteiger partial charge in [-0.25, -0.2) is 9.59 Å². The second-order valence-electron chi connectivity index (χ2n) is 9.37. The van der Waals surface area contributed by atoms with Crippen LogP contribution < -0.4 is 0 Å². The summed E-state index contributed by atoms with van der Waals surface area (Å²) in [4.78, 5) is 39.7. The summed E-state index contributed by atoms with van der Waals surface area (Å²) in [5, 5.41) is 11.5. The van der Waals surface area contributed by atoms with Crippen molar-refractivity contribution in [1.82, 2.24) is 4.90 Å². The molecule has 1 atom stereocenters. The molecule has 0 bridgehead atoms. The van der Waals surface area contributed by atoms with Crippen LogP contribution in [-0.2, 0) is 23.8 Å². The van der Waals surface area contributed by atoms with E-state index < -0.39 is 34.4 Å². The lowest BCUT2D eigenvalue weighted by Crippen LogP contribution is -2.44. The number of nitrogens with zero attached hydrogens (tertiary/aromatic N) is 2. The second kappa shape index (κ2) is 10.8. The third kappa shape index (κ3) is 5.83. The lowest BCUT2D eigenvalue weighted by molar-refractivity contribution is -0.384. The van der Waals surface area contributed by atoms with Gasteiger partial charge in [-0.1, -0.05) is 12.1 Å². The molecule has 0 amide bonds. The van der Waals surface area contributed by atoms with Crippen LogP contribution in [0.25, 0.3) is 0 Å². The molecule has 186 valence electrons. The molecule has 1 heterocycles. The van der Waals surface area contributed by atoms with Gasteiger partial charge in [-0.05, 0) is 54.0 Å². The van der Waals surface area contributed by atoms with Gasteiger partial charge >= 0.3 is 11.9 Å². The molecule has 1 aromatic rings. The molecule has 2 rings (SSSR count). The Morgan fingerprint density at radius 1 is 1.09 bits per heavy atom. The predicted octanol–water partition coefficient (Wildman–Crippen LogP) is 4.48. The molecular formula is C25H34N2O7. The Balaban J connectivity index is 2.83. The van der Waals surface area contributed by atoms with Crippen molar-refractivity contribution >= 4 is 17.6 Å². The van der Waals surface area contributed by atoms with Gasteiger partial charge in [-0.15, -0.1) is 0 Å². The van der Waals surface area contributed by atoms with E-state index in [-0.39, 0.29) is 30.0 Å². The third-order valence-corrected chi connectivity index (χ3v) is 5.42. The maximum atomic E-state index is 13.4. The van der Waals surface area contributed by atoms with Crippen molar-refractivity contribution in [3.05, 3.63) is 62.5 Å². The van der Waals surface area contributed by atoms with E-state index in [0.717, 1.165) is 0 Å². The standard InChI is InChI=1S/C25H34N2O7/c1-15(2)34-24(29)21-17(4)26(25(5,6)7)16(3)20(23(28)33-13-12-32-8)22(21)18-10-9-11-19(14-18)27(30)31/h9-11,14-15,22H,12-13H2,1-8H3. The van der Waals surface area contributed by atoms with Gasteiger partial charge in [0, 0.05) is 36.2 Å². The summed E-state index contributed by atoms with van der Waals surface area (Å²) in [7, 11) is 1.50. The molecule has 0 saturated carbocycles. The number of methoxy groups -OCH3 is 1. The van der Waals surface area contributed by atoms with Crippen molar-refractivity contribution in [1.29, 1.82) is 0 Å². The van der Waals surface area contributed by atoms with Gasteiger partial charge in [-0.3, -0.25) is 10.1 Å². The SMILES string of the molecule is COCCOC(=O)C1=C(C)N(C(C)(C)C)C(C)=C(C(=O)OC(C)C)C1c1cccc([N+](=O)[O-])c1. The van der Waals surface area contributed by atoms with Gasteiger partial charge in [0.2, 0.25) is 0 Å². The highest BCUT2D eigenvalue weighted by Gasteiger charge is 2.43. The number of nitro benzene ring substituents is 1. The lowest BCUT2D eigenvalue weighted by atomic mass is 9.78. The van der Waals surface area contributed by atoms with E-state index in [1.165, 1.54) is 25.3 Å². The quantitative estimate of drug-likeness (QED) is 0.235. The van der Waals surface area contributed by atoms with Crippen LogP contribution in [0.4, 0.5) is 5.69 Å². The molecule has 0 spiro atoms. The monoisotopic (exact) mass is 474 g/mol. The fourth-order valence-corrected chi connectivity index (χ4v) is 4.32. The van der Waals surface area contributed by atoms with Gasteiger partial charge in [0.15, 0.2) is 0 Å². The molecular weight excluding hydrogens is 440 g/mol. The second-order valence-corrected chi connectivity index (χ2v) is 9.37. The Kier molecular flexibility index (Phi) is 8.61. The summed E-state index contributed by atoms with van der Waals surface area (Å²) in [6, 6.07) is 5.94. The zero-order chi connectivity index (χ0) is 25.8. The Labute approximate surface area is 200 Å².